The Bertz CT molecular complexity index is 284. The summed E-state index contributed by atoms with van der Waals surface area (Å²) in [5.74, 6) is 0. The third-order valence-electron chi connectivity index (χ3n) is 2.59. The lowest BCUT2D eigenvalue weighted by atomic mass is 9.84. The Morgan fingerprint density at radius 1 is 1.46 bits per heavy atom. The summed E-state index contributed by atoms with van der Waals surface area (Å²) in [4.78, 5) is 1.41. The van der Waals surface area contributed by atoms with E-state index in [1.54, 1.807) is 11.5 Å². The highest BCUT2D eigenvalue weighted by molar-refractivity contribution is 9.09. The normalized spacial score (nSPS) is 19.5. The van der Waals surface area contributed by atoms with Crippen molar-refractivity contribution in [1.82, 2.24) is 4.37 Å². The zero-order chi connectivity index (χ0) is 9.15. The van der Waals surface area contributed by atoms with E-state index >= 15 is 0 Å². The molecule has 0 atom stereocenters. The minimum Gasteiger partial charge on any atom is -0.201 e. The molecule has 1 aliphatic rings. The molecule has 0 bridgehead atoms. The van der Waals surface area contributed by atoms with Crippen LogP contribution in [0.15, 0.2) is 24.4 Å². The predicted octanol–water partition coefficient (Wildman–Crippen LogP) is 3.42. The number of alkyl halides is 1. The van der Waals surface area contributed by atoms with Crippen LogP contribution in [-0.2, 0) is 6.42 Å². The van der Waals surface area contributed by atoms with Crippen molar-refractivity contribution < 1.29 is 0 Å². The van der Waals surface area contributed by atoms with Gasteiger partial charge in [-0.3, -0.25) is 0 Å². The van der Waals surface area contributed by atoms with Gasteiger partial charge in [-0.25, -0.2) is 4.37 Å². The van der Waals surface area contributed by atoms with Crippen LogP contribution in [0.25, 0.3) is 0 Å². The van der Waals surface area contributed by atoms with E-state index in [1.807, 2.05) is 6.20 Å². The highest BCUT2D eigenvalue weighted by Crippen LogP contribution is 2.38. The van der Waals surface area contributed by atoms with Gasteiger partial charge in [0, 0.05) is 16.4 Å². The highest BCUT2D eigenvalue weighted by atomic mass is 79.9. The molecule has 0 radical (unpaired) electrons. The molecule has 0 aromatic carbocycles. The number of halogens is 1. The molecule has 0 unspecified atom stereocenters. The fourth-order valence-electron chi connectivity index (χ4n) is 1.75. The van der Waals surface area contributed by atoms with Crippen molar-refractivity contribution in [2.45, 2.75) is 19.3 Å². The van der Waals surface area contributed by atoms with Crippen molar-refractivity contribution >= 4 is 27.5 Å². The fourth-order valence-corrected chi connectivity index (χ4v) is 3.16. The lowest BCUT2D eigenvalue weighted by Crippen LogP contribution is -2.21. The average molecular weight is 258 g/mol. The molecule has 70 valence electrons. The Kier molecular flexibility index (Phi) is 2.84. The molecule has 1 nitrogen and oxygen atoms in total. The monoisotopic (exact) mass is 257 g/mol. The topological polar surface area (TPSA) is 12.9 Å². The summed E-state index contributed by atoms with van der Waals surface area (Å²) in [6, 6.07) is 2.13. The summed E-state index contributed by atoms with van der Waals surface area (Å²) < 4.78 is 4.14. The molecule has 0 aliphatic heterocycles. The van der Waals surface area contributed by atoms with E-state index in [1.165, 1.54) is 17.7 Å². The molecule has 1 aromatic rings. The number of aromatic nitrogens is 1. The number of hydrogen-bond donors (Lipinski definition) is 0. The third kappa shape index (κ3) is 2.02. The van der Waals surface area contributed by atoms with Gasteiger partial charge in [0.2, 0.25) is 0 Å². The zero-order valence-electron chi connectivity index (χ0n) is 7.37. The molecule has 1 heterocycles. The van der Waals surface area contributed by atoms with Crippen molar-refractivity contribution in [1.29, 1.82) is 0 Å². The quantitative estimate of drug-likeness (QED) is 0.598. The van der Waals surface area contributed by atoms with Gasteiger partial charge in [0.05, 0.1) is 0 Å². The Labute approximate surface area is 91.2 Å². The fraction of sp³-hybridized carbons (Fsp3) is 0.500. The minimum atomic E-state index is 0.437. The molecule has 2 rings (SSSR count). The van der Waals surface area contributed by atoms with Gasteiger partial charge in [-0.2, -0.15) is 0 Å². The van der Waals surface area contributed by atoms with Crippen LogP contribution >= 0.6 is 27.5 Å². The van der Waals surface area contributed by atoms with E-state index in [2.05, 4.69) is 38.5 Å². The number of allylic oxidation sites excluding steroid dienone is 2. The van der Waals surface area contributed by atoms with E-state index in [4.69, 9.17) is 0 Å². The molecule has 3 heteroatoms. The maximum atomic E-state index is 4.14. The SMILES string of the molecule is BrCC1(Cc2ccns2)CC=CC1. The third-order valence-corrected chi connectivity index (χ3v) is 4.52. The van der Waals surface area contributed by atoms with Gasteiger partial charge in [0.25, 0.3) is 0 Å². The lowest BCUT2D eigenvalue weighted by molar-refractivity contribution is 0.365. The van der Waals surface area contributed by atoms with E-state index in [-0.39, 0.29) is 0 Å². The van der Waals surface area contributed by atoms with Crippen molar-refractivity contribution in [2.75, 3.05) is 5.33 Å². The molecule has 0 saturated carbocycles. The van der Waals surface area contributed by atoms with E-state index in [0.29, 0.717) is 5.41 Å². The van der Waals surface area contributed by atoms with Crippen LogP contribution in [0.5, 0.6) is 0 Å². The summed E-state index contributed by atoms with van der Waals surface area (Å²) in [5.41, 5.74) is 0.437. The summed E-state index contributed by atoms with van der Waals surface area (Å²) in [7, 11) is 0. The smallest absolute Gasteiger partial charge is 0.0409 e. The van der Waals surface area contributed by atoms with E-state index in [0.717, 1.165) is 11.8 Å². The molecule has 0 fully saturated rings. The van der Waals surface area contributed by atoms with Crippen LogP contribution in [0.1, 0.15) is 17.7 Å². The average Bonchev–Trinajstić information content (AvgIpc) is 2.77. The van der Waals surface area contributed by atoms with Crippen LogP contribution in [0.2, 0.25) is 0 Å². The maximum absolute atomic E-state index is 4.14. The van der Waals surface area contributed by atoms with Gasteiger partial charge >= 0.3 is 0 Å². The molecule has 0 spiro atoms. The van der Waals surface area contributed by atoms with Crippen LogP contribution in [0.4, 0.5) is 0 Å². The second kappa shape index (κ2) is 3.93. The van der Waals surface area contributed by atoms with Gasteiger partial charge in [0.1, 0.15) is 0 Å². The molecule has 0 saturated heterocycles. The zero-order valence-corrected chi connectivity index (χ0v) is 9.77. The number of rotatable bonds is 3. The summed E-state index contributed by atoms with van der Waals surface area (Å²) >= 11 is 5.25. The Balaban J connectivity index is 2.07. The number of nitrogens with zero attached hydrogens (tertiary/aromatic N) is 1. The highest BCUT2D eigenvalue weighted by Gasteiger charge is 2.30. The van der Waals surface area contributed by atoms with Gasteiger partial charge in [-0.05, 0) is 42.3 Å². The van der Waals surface area contributed by atoms with E-state index in [9.17, 15) is 0 Å². The number of hydrogen-bond acceptors (Lipinski definition) is 2. The summed E-state index contributed by atoms with van der Waals surface area (Å²) in [6.07, 6.45) is 10.1. The van der Waals surface area contributed by atoms with Gasteiger partial charge < -0.3 is 0 Å². The first kappa shape index (κ1) is 9.41. The summed E-state index contributed by atoms with van der Waals surface area (Å²) in [5, 5.41) is 1.09. The Morgan fingerprint density at radius 2 is 2.23 bits per heavy atom. The van der Waals surface area contributed by atoms with Gasteiger partial charge in [-0.15, -0.1) is 0 Å². The van der Waals surface area contributed by atoms with Crippen molar-refractivity contribution in [3.05, 3.63) is 29.3 Å². The standard InChI is InChI=1S/C10H12BrNS/c11-8-10(4-1-2-5-10)7-9-3-6-12-13-9/h1-3,6H,4-5,7-8H2. The first-order valence-electron chi connectivity index (χ1n) is 4.45. The van der Waals surface area contributed by atoms with Gasteiger partial charge in [-0.1, -0.05) is 28.1 Å². The molecule has 0 amide bonds. The van der Waals surface area contributed by atoms with Crippen molar-refractivity contribution in [2.24, 2.45) is 5.41 Å². The largest absolute Gasteiger partial charge is 0.201 e. The molecule has 1 aromatic heterocycles. The molecule has 0 N–H and O–H groups in total. The summed E-state index contributed by atoms with van der Waals surface area (Å²) in [6.45, 7) is 0. The first-order valence-corrected chi connectivity index (χ1v) is 6.35. The van der Waals surface area contributed by atoms with Crippen LogP contribution in [0, 0.1) is 5.41 Å². The molecular formula is C10H12BrNS. The second-order valence-corrected chi connectivity index (χ2v) is 5.15. The molecule has 1 aliphatic carbocycles. The lowest BCUT2D eigenvalue weighted by Gasteiger charge is -2.25. The van der Waals surface area contributed by atoms with Crippen LogP contribution in [0.3, 0.4) is 0 Å². The van der Waals surface area contributed by atoms with E-state index < -0.39 is 0 Å². The van der Waals surface area contributed by atoms with Crippen LogP contribution < -0.4 is 0 Å². The van der Waals surface area contributed by atoms with Gasteiger partial charge in [0.15, 0.2) is 0 Å². The van der Waals surface area contributed by atoms with Crippen molar-refractivity contribution in [3.8, 4) is 0 Å². The van der Waals surface area contributed by atoms with Crippen molar-refractivity contribution in [3.63, 3.8) is 0 Å². The van der Waals surface area contributed by atoms with Crippen LogP contribution in [-0.4, -0.2) is 9.70 Å². The Morgan fingerprint density at radius 3 is 2.77 bits per heavy atom. The predicted molar refractivity (Wildman–Crippen MR) is 60.4 cm³/mol. The Hall–Kier alpha value is -0.150. The maximum Gasteiger partial charge on any atom is 0.0409 e. The molecule has 13 heavy (non-hydrogen) atoms. The first-order chi connectivity index (χ1) is 6.35. The minimum absolute atomic E-state index is 0.437. The second-order valence-electron chi connectivity index (χ2n) is 3.67. The molecular weight excluding hydrogens is 246 g/mol.